The molecular formula is C11H23N3O3S. The van der Waals surface area contributed by atoms with E-state index in [0.29, 0.717) is 26.1 Å². The molecule has 0 aromatic carbocycles. The number of nitrogens with zero attached hydrogens (tertiary/aromatic N) is 1. The Kier molecular flexibility index (Phi) is 6.59. The van der Waals surface area contributed by atoms with Crippen LogP contribution in [0.2, 0.25) is 0 Å². The third kappa shape index (κ3) is 5.32. The number of nitrogens with one attached hydrogen (secondary N) is 2. The molecule has 106 valence electrons. The summed E-state index contributed by atoms with van der Waals surface area (Å²) in [4.78, 5) is 11.4. The molecule has 0 unspecified atom stereocenters. The smallest absolute Gasteiger partial charge is 0.220 e. The molecule has 0 aromatic rings. The van der Waals surface area contributed by atoms with Gasteiger partial charge in [-0.15, -0.1) is 0 Å². The van der Waals surface area contributed by atoms with E-state index in [2.05, 4.69) is 10.6 Å². The quantitative estimate of drug-likeness (QED) is 0.588. The van der Waals surface area contributed by atoms with Crippen molar-refractivity contribution in [3.05, 3.63) is 0 Å². The maximum Gasteiger partial charge on any atom is 0.220 e. The summed E-state index contributed by atoms with van der Waals surface area (Å²) in [6, 6.07) is 0. The van der Waals surface area contributed by atoms with Gasteiger partial charge in [0.2, 0.25) is 15.9 Å². The van der Waals surface area contributed by atoms with Gasteiger partial charge in [0.25, 0.3) is 0 Å². The van der Waals surface area contributed by atoms with Crippen molar-refractivity contribution < 1.29 is 13.2 Å². The molecule has 1 fully saturated rings. The minimum atomic E-state index is -3.14. The molecule has 2 N–H and O–H groups in total. The zero-order valence-corrected chi connectivity index (χ0v) is 11.8. The fourth-order valence-electron chi connectivity index (χ4n) is 1.93. The zero-order chi connectivity index (χ0) is 13.4. The Morgan fingerprint density at radius 3 is 2.50 bits per heavy atom. The molecule has 0 saturated carbocycles. The van der Waals surface area contributed by atoms with Gasteiger partial charge in [0.1, 0.15) is 0 Å². The molecule has 0 aromatic heterocycles. The Balaban J connectivity index is 2.18. The topological polar surface area (TPSA) is 78.5 Å². The first-order chi connectivity index (χ1) is 8.56. The Morgan fingerprint density at radius 1 is 1.22 bits per heavy atom. The highest BCUT2D eigenvalue weighted by Gasteiger charge is 2.24. The molecule has 6 nitrogen and oxygen atoms in total. The Hall–Kier alpha value is -0.660. The number of hydrogen-bond acceptors (Lipinski definition) is 4. The molecule has 1 amide bonds. The Bertz CT molecular complexity index is 351. The van der Waals surface area contributed by atoms with Crippen LogP contribution >= 0.6 is 0 Å². The van der Waals surface area contributed by atoms with E-state index < -0.39 is 10.0 Å². The normalized spacial score (nSPS) is 16.9. The molecule has 1 saturated heterocycles. The summed E-state index contributed by atoms with van der Waals surface area (Å²) in [5.41, 5.74) is 0. The summed E-state index contributed by atoms with van der Waals surface area (Å²) in [5.74, 6) is -0.00576. The number of amides is 1. The van der Waals surface area contributed by atoms with Gasteiger partial charge in [0.05, 0.1) is 5.75 Å². The van der Waals surface area contributed by atoms with Crippen LogP contribution in [0.25, 0.3) is 0 Å². The summed E-state index contributed by atoms with van der Waals surface area (Å²) in [6.45, 7) is 2.57. The van der Waals surface area contributed by atoms with Crippen LogP contribution in [0, 0.1) is 0 Å². The number of carbonyl (C=O) groups excluding carboxylic acids is 1. The van der Waals surface area contributed by atoms with Crippen LogP contribution in [0.4, 0.5) is 0 Å². The second kappa shape index (κ2) is 7.70. The monoisotopic (exact) mass is 277 g/mol. The third-order valence-electron chi connectivity index (χ3n) is 2.96. The molecule has 7 heteroatoms. The highest BCUT2D eigenvalue weighted by molar-refractivity contribution is 7.89. The maximum absolute atomic E-state index is 11.9. The predicted molar refractivity (Wildman–Crippen MR) is 70.8 cm³/mol. The summed E-state index contributed by atoms with van der Waals surface area (Å²) in [5, 5.41) is 5.65. The Morgan fingerprint density at radius 2 is 1.89 bits per heavy atom. The average Bonchev–Trinajstić information content (AvgIpc) is 2.83. The third-order valence-corrected chi connectivity index (χ3v) is 4.92. The standard InChI is InChI=1S/C11H23N3O3S/c1-12-6-7-13-11(15)5-4-10-18(16,17)14-8-2-3-9-14/h12H,2-10H2,1H3,(H,13,15). The highest BCUT2D eigenvalue weighted by atomic mass is 32.2. The van der Waals surface area contributed by atoms with Gasteiger partial charge in [-0.05, 0) is 26.3 Å². The lowest BCUT2D eigenvalue weighted by Gasteiger charge is -2.14. The lowest BCUT2D eigenvalue weighted by molar-refractivity contribution is -0.121. The second-order valence-corrected chi connectivity index (χ2v) is 6.57. The number of carbonyl (C=O) groups is 1. The van der Waals surface area contributed by atoms with E-state index in [-0.39, 0.29) is 18.1 Å². The first kappa shape index (κ1) is 15.4. The molecule has 0 spiro atoms. The summed E-state index contributed by atoms with van der Waals surface area (Å²) < 4.78 is 25.3. The van der Waals surface area contributed by atoms with Crippen molar-refractivity contribution in [3.8, 4) is 0 Å². The largest absolute Gasteiger partial charge is 0.355 e. The molecule has 0 atom stereocenters. The lowest BCUT2D eigenvalue weighted by Crippen LogP contribution is -2.32. The molecule has 1 aliphatic rings. The van der Waals surface area contributed by atoms with E-state index in [1.54, 1.807) is 0 Å². The molecular weight excluding hydrogens is 254 g/mol. The van der Waals surface area contributed by atoms with Gasteiger partial charge in [0, 0.05) is 32.6 Å². The molecule has 18 heavy (non-hydrogen) atoms. The van der Waals surface area contributed by atoms with Crippen LogP contribution in [0.3, 0.4) is 0 Å². The SMILES string of the molecule is CNCCNC(=O)CCCS(=O)(=O)N1CCCC1. The van der Waals surface area contributed by atoms with Crippen molar-refractivity contribution in [3.63, 3.8) is 0 Å². The minimum absolute atomic E-state index is 0.0758. The lowest BCUT2D eigenvalue weighted by atomic mass is 10.3. The fourth-order valence-corrected chi connectivity index (χ4v) is 3.51. The predicted octanol–water partition coefficient (Wildman–Crippen LogP) is -0.472. The van der Waals surface area contributed by atoms with E-state index in [9.17, 15) is 13.2 Å². The molecule has 0 bridgehead atoms. The van der Waals surface area contributed by atoms with Crippen molar-refractivity contribution in [2.24, 2.45) is 0 Å². The molecule has 1 aliphatic heterocycles. The number of likely N-dealkylation sites (N-methyl/N-ethyl adjacent to an activating group) is 1. The number of hydrogen-bond donors (Lipinski definition) is 2. The molecule has 1 heterocycles. The van der Waals surface area contributed by atoms with Crippen LogP contribution in [0.5, 0.6) is 0 Å². The van der Waals surface area contributed by atoms with Gasteiger partial charge in [-0.1, -0.05) is 0 Å². The van der Waals surface area contributed by atoms with Crippen molar-refractivity contribution in [1.29, 1.82) is 0 Å². The first-order valence-corrected chi connectivity index (χ1v) is 8.06. The van der Waals surface area contributed by atoms with Gasteiger partial charge in [-0.3, -0.25) is 4.79 Å². The fraction of sp³-hybridized carbons (Fsp3) is 0.909. The summed E-state index contributed by atoms with van der Waals surface area (Å²) in [6.07, 6.45) is 2.56. The zero-order valence-electron chi connectivity index (χ0n) is 10.9. The van der Waals surface area contributed by atoms with E-state index in [1.165, 1.54) is 4.31 Å². The second-order valence-electron chi connectivity index (χ2n) is 4.48. The molecule has 0 radical (unpaired) electrons. The van der Waals surface area contributed by atoms with Crippen LogP contribution in [0.15, 0.2) is 0 Å². The van der Waals surface area contributed by atoms with Crippen molar-refractivity contribution in [2.45, 2.75) is 25.7 Å². The van der Waals surface area contributed by atoms with Crippen molar-refractivity contribution in [1.82, 2.24) is 14.9 Å². The van der Waals surface area contributed by atoms with E-state index in [0.717, 1.165) is 19.4 Å². The van der Waals surface area contributed by atoms with Crippen LogP contribution in [-0.4, -0.2) is 57.6 Å². The van der Waals surface area contributed by atoms with E-state index >= 15 is 0 Å². The maximum atomic E-state index is 11.9. The van der Waals surface area contributed by atoms with Gasteiger partial charge in [-0.2, -0.15) is 0 Å². The average molecular weight is 277 g/mol. The summed E-state index contributed by atoms with van der Waals surface area (Å²) in [7, 11) is -1.33. The minimum Gasteiger partial charge on any atom is -0.355 e. The number of sulfonamides is 1. The van der Waals surface area contributed by atoms with Crippen molar-refractivity contribution in [2.75, 3.05) is 39.0 Å². The highest BCUT2D eigenvalue weighted by Crippen LogP contribution is 2.14. The van der Waals surface area contributed by atoms with Crippen molar-refractivity contribution >= 4 is 15.9 Å². The Labute approximate surface area is 109 Å². The van der Waals surface area contributed by atoms with Gasteiger partial charge < -0.3 is 10.6 Å². The molecule has 0 aliphatic carbocycles. The number of rotatable bonds is 8. The van der Waals surface area contributed by atoms with Gasteiger partial charge >= 0.3 is 0 Å². The van der Waals surface area contributed by atoms with E-state index in [1.807, 2.05) is 7.05 Å². The van der Waals surface area contributed by atoms with E-state index in [4.69, 9.17) is 0 Å². The van der Waals surface area contributed by atoms with Gasteiger partial charge in [-0.25, -0.2) is 12.7 Å². The first-order valence-electron chi connectivity index (χ1n) is 6.45. The molecule has 1 rings (SSSR count). The van der Waals surface area contributed by atoms with Crippen LogP contribution in [-0.2, 0) is 14.8 Å². The van der Waals surface area contributed by atoms with Crippen LogP contribution < -0.4 is 10.6 Å². The van der Waals surface area contributed by atoms with Gasteiger partial charge in [0.15, 0.2) is 0 Å². The summed E-state index contributed by atoms with van der Waals surface area (Å²) >= 11 is 0. The van der Waals surface area contributed by atoms with Crippen LogP contribution in [0.1, 0.15) is 25.7 Å².